The first kappa shape index (κ1) is 16.8. The van der Waals surface area contributed by atoms with Gasteiger partial charge < -0.3 is 0 Å². The second kappa shape index (κ2) is 6.80. The molecule has 0 atom stereocenters. The van der Waals surface area contributed by atoms with Crippen molar-refractivity contribution in [2.24, 2.45) is 5.10 Å². The van der Waals surface area contributed by atoms with E-state index in [2.05, 4.69) is 51.6 Å². The zero-order chi connectivity index (χ0) is 17.9. The van der Waals surface area contributed by atoms with E-state index in [1.165, 1.54) is 6.33 Å². The van der Waals surface area contributed by atoms with Crippen molar-refractivity contribution in [3.8, 4) is 5.69 Å². The van der Waals surface area contributed by atoms with Gasteiger partial charge in [-0.2, -0.15) is 15.3 Å². The third-order valence-electron chi connectivity index (χ3n) is 3.64. The lowest BCUT2D eigenvalue weighted by Crippen LogP contribution is -2.14. The molecule has 3 aromatic rings. The lowest BCUT2D eigenvalue weighted by molar-refractivity contribution is 0.559. The van der Waals surface area contributed by atoms with Crippen molar-refractivity contribution < 1.29 is 0 Å². The maximum atomic E-state index is 4.36. The first-order valence-corrected chi connectivity index (χ1v) is 8.05. The standard InChI is InChI=1S/C18H21N7/c1-13(17-19-12-20-25(17)14-8-6-5-7-9-14)21-23-16-11-10-15(22-24-16)18(2,3)4/h5-12H,1-4H3,(H,23,24)/b21-13+. The molecule has 0 amide bonds. The predicted octanol–water partition coefficient (Wildman–Crippen LogP) is 3.19. The molecule has 0 saturated heterocycles. The molecule has 1 N–H and O–H groups in total. The van der Waals surface area contributed by atoms with Crippen molar-refractivity contribution in [1.82, 2.24) is 25.0 Å². The van der Waals surface area contributed by atoms with Crippen LogP contribution in [0.3, 0.4) is 0 Å². The van der Waals surface area contributed by atoms with E-state index in [1.807, 2.05) is 49.4 Å². The fraction of sp³-hybridized carbons (Fsp3) is 0.278. The molecule has 0 aliphatic rings. The highest BCUT2D eigenvalue weighted by molar-refractivity contribution is 5.96. The largest absolute Gasteiger partial charge is 0.259 e. The minimum absolute atomic E-state index is 0.0309. The fourth-order valence-electron chi connectivity index (χ4n) is 2.23. The Hall–Kier alpha value is -3.09. The van der Waals surface area contributed by atoms with Crippen LogP contribution < -0.4 is 5.43 Å². The van der Waals surface area contributed by atoms with Gasteiger partial charge in [0.1, 0.15) is 12.0 Å². The molecule has 2 aromatic heterocycles. The number of nitrogens with zero attached hydrogens (tertiary/aromatic N) is 6. The molecule has 0 aliphatic carbocycles. The quantitative estimate of drug-likeness (QED) is 0.585. The molecule has 0 spiro atoms. The third-order valence-corrected chi connectivity index (χ3v) is 3.64. The van der Waals surface area contributed by atoms with E-state index in [0.29, 0.717) is 17.4 Å². The number of hydrogen-bond donors (Lipinski definition) is 1. The maximum Gasteiger partial charge on any atom is 0.178 e. The van der Waals surface area contributed by atoms with Crippen LogP contribution in [0, 0.1) is 0 Å². The van der Waals surface area contributed by atoms with Crippen LogP contribution in [0.25, 0.3) is 5.69 Å². The van der Waals surface area contributed by atoms with Crippen LogP contribution in [0.2, 0.25) is 0 Å². The zero-order valence-electron chi connectivity index (χ0n) is 14.8. The molecular formula is C18H21N7. The lowest BCUT2D eigenvalue weighted by atomic mass is 9.92. The molecule has 128 valence electrons. The average molecular weight is 335 g/mol. The summed E-state index contributed by atoms with van der Waals surface area (Å²) in [4.78, 5) is 4.30. The van der Waals surface area contributed by atoms with Gasteiger partial charge in [-0.05, 0) is 31.2 Å². The lowest BCUT2D eigenvalue weighted by Gasteiger charge is -2.16. The summed E-state index contributed by atoms with van der Waals surface area (Å²) in [5.74, 6) is 1.25. The van der Waals surface area contributed by atoms with Crippen molar-refractivity contribution in [3.63, 3.8) is 0 Å². The van der Waals surface area contributed by atoms with Gasteiger partial charge in [-0.15, -0.1) is 5.10 Å². The van der Waals surface area contributed by atoms with Crippen LogP contribution >= 0.6 is 0 Å². The summed E-state index contributed by atoms with van der Waals surface area (Å²) >= 11 is 0. The number of hydrazone groups is 1. The van der Waals surface area contributed by atoms with Crippen LogP contribution in [-0.4, -0.2) is 30.7 Å². The Kier molecular flexibility index (Phi) is 4.56. The third kappa shape index (κ3) is 3.88. The molecular weight excluding hydrogens is 314 g/mol. The fourth-order valence-corrected chi connectivity index (χ4v) is 2.23. The molecule has 25 heavy (non-hydrogen) atoms. The first-order chi connectivity index (χ1) is 11.9. The van der Waals surface area contributed by atoms with Crippen LogP contribution in [-0.2, 0) is 5.41 Å². The number of aromatic nitrogens is 5. The van der Waals surface area contributed by atoms with Crippen molar-refractivity contribution in [1.29, 1.82) is 0 Å². The second-order valence-corrected chi connectivity index (χ2v) is 6.69. The summed E-state index contributed by atoms with van der Waals surface area (Å²) < 4.78 is 1.74. The molecule has 1 aromatic carbocycles. The summed E-state index contributed by atoms with van der Waals surface area (Å²) in [6.45, 7) is 8.17. The summed E-state index contributed by atoms with van der Waals surface area (Å²) in [7, 11) is 0. The van der Waals surface area contributed by atoms with Gasteiger partial charge >= 0.3 is 0 Å². The Morgan fingerprint density at radius 2 is 1.80 bits per heavy atom. The molecule has 3 rings (SSSR count). The highest BCUT2D eigenvalue weighted by atomic mass is 15.4. The van der Waals surface area contributed by atoms with Crippen molar-refractivity contribution in [3.05, 3.63) is 60.3 Å². The number of nitrogens with one attached hydrogen (secondary N) is 1. The van der Waals surface area contributed by atoms with E-state index in [4.69, 9.17) is 0 Å². The van der Waals surface area contributed by atoms with E-state index < -0.39 is 0 Å². The van der Waals surface area contributed by atoms with Crippen molar-refractivity contribution in [2.75, 3.05) is 5.43 Å². The Balaban J connectivity index is 1.78. The highest BCUT2D eigenvalue weighted by Gasteiger charge is 2.15. The van der Waals surface area contributed by atoms with E-state index in [0.717, 1.165) is 11.4 Å². The van der Waals surface area contributed by atoms with E-state index in [9.17, 15) is 0 Å². The van der Waals surface area contributed by atoms with Crippen LogP contribution in [0.4, 0.5) is 5.82 Å². The Morgan fingerprint density at radius 3 is 2.44 bits per heavy atom. The number of rotatable bonds is 4. The minimum Gasteiger partial charge on any atom is -0.259 e. The SMILES string of the molecule is C/C(=N\Nc1ccc(C(C)(C)C)nn1)c1ncnn1-c1ccccc1. The molecule has 7 heteroatoms. The predicted molar refractivity (Wildman–Crippen MR) is 97.9 cm³/mol. The Labute approximate surface area is 146 Å². The number of para-hydroxylation sites is 1. The van der Waals surface area contributed by atoms with Gasteiger partial charge in [0.15, 0.2) is 11.6 Å². The number of hydrogen-bond acceptors (Lipinski definition) is 6. The summed E-state index contributed by atoms with van der Waals surface area (Å²) in [5, 5.41) is 17.0. The molecule has 2 heterocycles. The number of benzene rings is 1. The number of anilines is 1. The van der Waals surface area contributed by atoms with Crippen LogP contribution in [0.5, 0.6) is 0 Å². The average Bonchev–Trinajstić information content (AvgIpc) is 3.10. The smallest absolute Gasteiger partial charge is 0.178 e. The topological polar surface area (TPSA) is 80.9 Å². The molecule has 0 bridgehead atoms. The molecule has 7 nitrogen and oxygen atoms in total. The van der Waals surface area contributed by atoms with Gasteiger partial charge in [0.2, 0.25) is 0 Å². The van der Waals surface area contributed by atoms with E-state index >= 15 is 0 Å². The van der Waals surface area contributed by atoms with E-state index in [-0.39, 0.29) is 5.41 Å². The summed E-state index contributed by atoms with van der Waals surface area (Å²) in [6.07, 6.45) is 1.51. The van der Waals surface area contributed by atoms with Gasteiger partial charge in [0.25, 0.3) is 0 Å². The van der Waals surface area contributed by atoms with Crippen LogP contribution in [0.1, 0.15) is 39.2 Å². The molecule has 0 aliphatic heterocycles. The van der Waals surface area contributed by atoms with Crippen molar-refractivity contribution in [2.45, 2.75) is 33.1 Å². The molecule has 0 saturated carbocycles. The van der Waals surface area contributed by atoms with E-state index in [1.54, 1.807) is 4.68 Å². The zero-order valence-corrected chi connectivity index (χ0v) is 14.8. The monoisotopic (exact) mass is 335 g/mol. The van der Waals surface area contributed by atoms with Gasteiger partial charge in [-0.3, -0.25) is 5.43 Å². The van der Waals surface area contributed by atoms with Gasteiger partial charge in [0.05, 0.1) is 11.4 Å². The van der Waals surface area contributed by atoms with Gasteiger partial charge in [-0.1, -0.05) is 39.0 Å². The summed E-state index contributed by atoms with van der Waals surface area (Å²) in [6, 6.07) is 13.6. The molecule has 0 radical (unpaired) electrons. The van der Waals surface area contributed by atoms with Crippen LogP contribution in [0.15, 0.2) is 53.9 Å². The first-order valence-electron chi connectivity index (χ1n) is 8.05. The minimum atomic E-state index is -0.0309. The van der Waals surface area contributed by atoms with Gasteiger partial charge in [0, 0.05) is 5.41 Å². The highest BCUT2D eigenvalue weighted by Crippen LogP contribution is 2.19. The summed E-state index contributed by atoms with van der Waals surface area (Å²) in [5.41, 5.74) is 5.45. The molecule has 0 unspecified atom stereocenters. The second-order valence-electron chi connectivity index (χ2n) is 6.69. The Morgan fingerprint density at radius 1 is 1.04 bits per heavy atom. The normalized spacial score (nSPS) is 12.2. The molecule has 0 fully saturated rings. The Bertz CT molecular complexity index is 858. The van der Waals surface area contributed by atoms with Crippen molar-refractivity contribution >= 4 is 11.5 Å². The van der Waals surface area contributed by atoms with Gasteiger partial charge in [-0.25, -0.2) is 9.67 Å². The maximum absolute atomic E-state index is 4.36.